The summed E-state index contributed by atoms with van der Waals surface area (Å²) in [6, 6.07) is 7.95. The predicted molar refractivity (Wildman–Crippen MR) is 82.3 cm³/mol. The second-order valence-corrected chi connectivity index (χ2v) is 6.24. The molecule has 0 aliphatic rings. The van der Waals surface area contributed by atoms with Gasteiger partial charge in [-0.1, -0.05) is 50.2 Å². The summed E-state index contributed by atoms with van der Waals surface area (Å²) in [6.07, 6.45) is 4.67. The van der Waals surface area contributed by atoms with Gasteiger partial charge in [0.1, 0.15) is 4.70 Å². The molecule has 0 bridgehead atoms. The zero-order valence-corrected chi connectivity index (χ0v) is 12.9. The average molecular weight is 292 g/mol. The van der Waals surface area contributed by atoms with Gasteiger partial charge in [-0.25, -0.2) is 4.79 Å². The Balaban J connectivity index is 2.35. The van der Waals surface area contributed by atoms with Crippen LogP contribution in [0.2, 0.25) is 0 Å². The highest BCUT2D eigenvalue weighted by Gasteiger charge is 2.27. The fraction of sp³-hybridized carbons (Fsp3) is 0.500. The van der Waals surface area contributed by atoms with E-state index in [1.165, 1.54) is 30.6 Å². The van der Waals surface area contributed by atoms with Crippen LogP contribution in [0.15, 0.2) is 24.3 Å². The van der Waals surface area contributed by atoms with Crippen molar-refractivity contribution >= 4 is 27.5 Å². The van der Waals surface area contributed by atoms with Crippen LogP contribution in [0.1, 0.15) is 49.3 Å². The molecule has 0 amide bonds. The number of nitrogens with zero attached hydrogens (tertiary/aromatic N) is 1. The van der Waals surface area contributed by atoms with Crippen LogP contribution in [0.25, 0.3) is 10.2 Å². The number of hydrogen-bond acceptors (Lipinski definition) is 2. The molecule has 20 heavy (non-hydrogen) atoms. The van der Waals surface area contributed by atoms with Gasteiger partial charge in [-0.05, 0) is 18.9 Å². The lowest BCUT2D eigenvalue weighted by Gasteiger charge is -2.10. The van der Waals surface area contributed by atoms with Crippen LogP contribution in [-0.4, -0.2) is 11.1 Å². The molecule has 1 unspecified atom stereocenters. The monoisotopic (exact) mass is 292 g/mol. The third-order valence-electron chi connectivity index (χ3n) is 3.77. The fourth-order valence-electron chi connectivity index (χ4n) is 2.55. The van der Waals surface area contributed by atoms with E-state index in [0.29, 0.717) is 10.9 Å². The highest BCUT2D eigenvalue weighted by molar-refractivity contribution is 7.19. The number of benzene rings is 1. The molecule has 0 fully saturated rings. The zero-order chi connectivity index (χ0) is 14.5. The van der Waals surface area contributed by atoms with Crippen molar-refractivity contribution < 1.29 is 14.5 Å². The Hall–Kier alpha value is -1.42. The number of aromatic nitrogens is 1. The molecule has 1 atom stereocenters. The molecule has 2 aromatic rings. The molecule has 1 aromatic carbocycles. The fourth-order valence-corrected chi connectivity index (χ4v) is 3.56. The van der Waals surface area contributed by atoms with Crippen LogP contribution in [0.5, 0.6) is 0 Å². The van der Waals surface area contributed by atoms with Crippen molar-refractivity contribution in [3.63, 3.8) is 0 Å². The van der Waals surface area contributed by atoms with Crippen LogP contribution in [0.3, 0.4) is 0 Å². The van der Waals surface area contributed by atoms with Crippen molar-refractivity contribution in [3.8, 4) is 0 Å². The van der Waals surface area contributed by atoms with Gasteiger partial charge in [0, 0.05) is 12.0 Å². The topological polar surface area (TPSA) is 41.2 Å². The van der Waals surface area contributed by atoms with Crippen molar-refractivity contribution in [2.24, 2.45) is 5.92 Å². The van der Waals surface area contributed by atoms with Crippen LogP contribution in [-0.2, 0) is 6.54 Å². The highest BCUT2D eigenvalue weighted by atomic mass is 32.1. The number of thiazole rings is 1. The molecular formula is C16H22NO2S+. The first-order valence-electron chi connectivity index (χ1n) is 7.32. The molecule has 0 saturated heterocycles. The number of fused-ring (bicyclic) bond motifs is 1. The third-order valence-corrected chi connectivity index (χ3v) is 4.93. The van der Waals surface area contributed by atoms with Gasteiger partial charge in [-0.15, -0.1) is 0 Å². The molecule has 0 aliphatic heterocycles. The van der Waals surface area contributed by atoms with E-state index in [2.05, 4.69) is 13.8 Å². The molecule has 3 nitrogen and oxygen atoms in total. The number of hydrogen-bond donors (Lipinski definition) is 1. The van der Waals surface area contributed by atoms with E-state index in [4.69, 9.17) is 0 Å². The number of aromatic carboxylic acids is 1. The number of carboxylic acid groups (broad SMARTS) is 1. The van der Waals surface area contributed by atoms with Gasteiger partial charge >= 0.3 is 11.0 Å². The standard InChI is InChI=1S/C16H21NO2S/c1-3-5-8-12(4-2)11-17-13-9-6-7-10-14(13)20-15(17)16(18)19/h6-7,9-10,12H,3-5,8,11H2,1-2H3/p+1. The second kappa shape index (κ2) is 6.84. The average Bonchev–Trinajstić information content (AvgIpc) is 2.82. The SMILES string of the molecule is CCCCC(CC)C[n+]1c(C(=O)O)sc2ccccc21. The summed E-state index contributed by atoms with van der Waals surface area (Å²) in [4.78, 5) is 11.5. The van der Waals surface area contributed by atoms with Gasteiger partial charge in [-0.2, -0.15) is 4.57 Å². The Morgan fingerprint density at radius 3 is 2.75 bits per heavy atom. The molecule has 4 heteroatoms. The lowest BCUT2D eigenvalue weighted by Crippen LogP contribution is -2.41. The first-order chi connectivity index (χ1) is 9.67. The normalized spacial score (nSPS) is 12.7. The minimum absolute atomic E-state index is 0.446. The van der Waals surface area contributed by atoms with Gasteiger partial charge in [0.25, 0.3) is 0 Å². The second-order valence-electron chi connectivity index (χ2n) is 5.21. The van der Waals surface area contributed by atoms with Crippen LogP contribution >= 0.6 is 11.3 Å². The van der Waals surface area contributed by atoms with Gasteiger partial charge < -0.3 is 5.11 Å². The van der Waals surface area contributed by atoms with Crippen molar-refractivity contribution in [1.29, 1.82) is 0 Å². The van der Waals surface area contributed by atoms with Crippen molar-refractivity contribution in [2.75, 3.05) is 0 Å². The van der Waals surface area contributed by atoms with Crippen LogP contribution < -0.4 is 4.57 Å². The minimum Gasteiger partial charge on any atom is -0.473 e. The van der Waals surface area contributed by atoms with E-state index in [0.717, 1.165) is 23.2 Å². The maximum absolute atomic E-state index is 11.5. The molecule has 0 aliphatic carbocycles. The quantitative estimate of drug-likeness (QED) is 0.780. The first-order valence-corrected chi connectivity index (χ1v) is 8.13. The van der Waals surface area contributed by atoms with E-state index < -0.39 is 5.97 Å². The largest absolute Gasteiger partial charge is 0.473 e. The number of para-hydroxylation sites is 1. The number of carboxylic acids is 1. The van der Waals surface area contributed by atoms with Gasteiger partial charge in [0.15, 0.2) is 6.54 Å². The first kappa shape index (κ1) is 15.0. The summed E-state index contributed by atoms with van der Waals surface area (Å²) in [6.45, 7) is 5.20. The van der Waals surface area contributed by atoms with Gasteiger partial charge in [-0.3, -0.25) is 0 Å². The van der Waals surface area contributed by atoms with E-state index in [1.54, 1.807) is 0 Å². The Morgan fingerprint density at radius 1 is 1.35 bits per heavy atom. The number of carbonyl (C=O) groups is 1. The molecule has 0 saturated carbocycles. The third kappa shape index (κ3) is 3.18. The molecule has 1 aromatic heterocycles. The Labute approximate surface area is 123 Å². The molecule has 108 valence electrons. The van der Waals surface area contributed by atoms with E-state index in [1.807, 2.05) is 28.8 Å². The lowest BCUT2D eigenvalue weighted by atomic mass is 9.99. The molecule has 2 rings (SSSR count). The summed E-state index contributed by atoms with van der Waals surface area (Å²) >= 11 is 1.37. The summed E-state index contributed by atoms with van der Waals surface area (Å²) in [5, 5.41) is 9.86. The maximum atomic E-state index is 11.5. The number of unbranched alkanes of at least 4 members (excludes halogenated alkanes) is 1. The van der Waals surface area contributed by atoms with Gasteiger partial charge in [0.05, 0.1) is 0 Å². The molecule has 1 N–H and O–H groups in total. The zero-order valence-electron chi connectivity index (χ0n) is 12.1. The van der Waals surface area contributed by atoms with E-state index in [-0.39, 0.29) is 0 Å². The molecule has 1 heterocycles. The Kier molecular flexibility index (Phi) is 5.12. The lowest BCUT2D eigenvalue weighted by molar-refractivity contribution is -0.676. The minimum atomic E-state index is -0.823. The Bertz CT molecular complexity index is 591. The summed E-state index contributed by atoms with van der Waals surface area (Å²) in [5.41, 5.74) is 1.05. The predicted octanol–water partition coefficient (Wildman–Crippen LogP) is 4.10. The summed E-state index contributed by atoms with van der Waals surface area (Å²) < 4.78 is 3.04. The Morgan fingerprint density at radius 2 is 2.10 bits per heavy atom. The van der Waals surface area contributed by atoms with Crippen LogP contribution in [0, 0.1) is 5.92 Å². The number of rotatable bonds is 7. The van der Waals surface area contributed by atoms with Crippen molar-refractivity contribution in [2.45, 2.75) is 46.1 Å². The highest BCUT2D eigenvalue weighted by Crippen LogP contribution is 2.22. The summed E-state index contributed by atoms with van der Waals surface area (Å²) in [7, 11) is 0. The summed E-state index contributed by atoms with van der Waals surface area (Å²) in [5.74, 6) is -0.271. The van der Waals surface area contributed by atoms with Crippen molar-refractivity contribution in [1.82, 2.24) is 0 Å². The van der Waals surface area contributed by atoms with Gasteiger partial charge in [0.2, 0.25) is 5.52 Å². The smallest absolute Gasteiger partial charge is 0.412 e. The van der Waals surface area contributed by atoms with E-state index >= 15 is 0 Å². The maximum Gasteiger partial charge on any atom is 0.412 e. The molecule has 0 radical (unpaired) electrons. The van der Waals surface area contributed by atoms with E-state index in [9.17, 15) is 9.90 Å². The molecule has 0 spiro atoms. The molecular weight excluding hydrogens is 270 g/mol. The van der Waals surface area contributed by atoms with Crippen LogP contribution in [0.4, 0.5) is 0 Å². The van der Waals surface area contributed by atoms with Crippen molar-refractivity contribution in [3.05, 3.63) is 29.3 Å².